The first-order valence-corrected chi connectivity index (χ1v) is 14.2. The van der Waals surface area contributed by atoms with Crippen LogP contribution in [0.3, 0.4) is 0 Å². The first-order valence-electron chi connectivity index (χ1n) is 13.4. The summed E-state index contributed by atoms with van der Waals surface area (Å²) in [6.45, 7) is 4.19. The zero-order valence-electron chi connectivity index (χ0n) is 22.5. The van der Waals surface area contributed by atoms with Crippen LogP contribution < -0.4 is 11.1 Å². The van der Waals surface area contributed by atoms with E-state index in [0.29, 0.717) is 33.7 Å². The van der Waals surface area contributed by atoms with Gasteiger partial charge in [0.2, 0.25) is 11.8 Å². The van der Waals surface area contributed by atoms with Gasteiger partial charge in [0.1, 0.15) is 40.8 Å². The number of hydrogen-bond acceptors (Lipinski definition) is 7. The van der Waals surface area contributed by atoms with Crippen LogP contribution in [0.25, 0.3) is 33.1 Å². The number of hydrogen-bond donors (Lipinski definition) is 2. The number of rotatable bonds is 5. The number of halogens is 1. The van der Waals surface area contributed by atoms with Crippen molar-refractivity contribution in [2.24, 2.45) is 5.41 Å². The fraction of sp³-hybridized carbons (Fsp3) is 0.267. The SMILES string of the molecule is Cc1cc(-c2ccncc2)cc2c3c(N)ncnc3n(CC(=O)N3[C@H](C(=O)Nc4cccc(Br)n4)C[C@@]4(C)C[C@@H]34)c12. The number of nitrogens with zero attached hydrogens (tertiary/aromatic N) is 6. The minimum Gasteiger partial charge on any atom is -0.383 e. The number of nitrogens with two attached hydrogens (primary N) is 1. The van der Waals surface area contributed by atoms with Crippen molar-refractivity contribution in [2.75, 3.05) is 11.1 Å². The van der Waals surface area contributed by atoms with Gasteiger partial charge in [0.05, 0.1) is 10.9 Å². The number of benzene rings is 1. The Hall–Kier alpha value is -4.38. The molecule has 0 radical (unpaired) electrons. The lowest BCUT2D eigenvalue weighted by atomic mass is 10.0. The summed E-state index contributed by atoms with van der Waals surface area (Å²) >= 11 is 3.35. The van der Waals surface area contributed by atoms with Crippen molar-refractivity contribution < 1.29 is 9.59 Å². The van der Waals surface area contributed by atoms with Crippen LogP contribution in [0, 0.1) is 12.3 Å². The normalized spacial score (nSPS) is 21.3. The van der Waals surface area contributed by atoms with Gasteiger partial charge in [0, 0.05) is 23.8 Å². The highest BCUT2D eigenvalue weighted by atomic mass is 79.9. The smallest absolute Gasteiger partial charge is 0.248 e. The molecule has 3 N–H and O–H groups in total. The molecule has 11 heteroatoms. The van der Waals surface area contributed by atoms with E-state index in [1.807, 2.05) is 23.6 Å². The summed E-state index contributed by atoms with van der Waals surface area (Å²) in [6.07, 6.45) is 6.43. The Morgan fingerprint density at radius 1 is 1.12 bits per heavy atom. The van der Waals surface area contributed by atoms with Gasteiger partial charge in [-0.1, -0.05) is 13.0 Å². The van der Waals surface area contributed by atoms with E-state index in [1.165, 1.54) is 6.33 Å². The number of carbonyl (C=O) groups is 2. The molecule has 206 valence electrons. The molecule has 41 heavy (non-hydrogen) atoms. The summed E-state index contributed by atoms with van der Waals surface area (Å²) in [6, 6.07) is 12.8. The number of nitrogens with one attached hydrogen (secondary N) is 1. The van der Waals surface area contributed by atoms with E-state index in [0.717, 1.165) is 34.0 Å². The fourth-order valence-electron chi connectivity index (χ4n) is 6.42. The van der Waals surface area contributed by atoms with Crippen molar-refractivity contribution in [3.63, 3.8) is 0 Å². The summed E-state index contributed by atoms with van der Waals surface area (Å²) in [5.74, 6) is 0.432. The molecule has 5 heterocycles. The Morgan fingerprint density at radius 3 is 2.71 bits per heavy atom. The zero-order chi connectivity index (χ0) is 28.5. The van der Waals surface area contributed by atoms with Crippen LogP contribution in [0.5, 0.6) is 0 Å². The second-order valence-corrected chi connectivity index (χ2v) is 12.0. The minimum atomic E-state index is -0.584. The third-order valence-electron chi connectivity index (χ3n) is 8.45. The number of aromatic nitrogens is 5. The second kappa shape index (κ2) is 9.34. The highest BCUT2D eigenvalue weighted by molar-refractivity contribution is 9.10. The molecule has 10 nitrogen and oxygen atoms in total. The lowest BCUT2D eigenvalue weighted by molar-refractivity contribution is -0.138. The number of anilines is 2. The summed E-state index contributed by atoms with van der Waals surface area (Å²) in [7, 11) is 0. The Morgan fingerprint density at radius 2 is 1.93 bits per heavy atom. The largest absolute Gasteiger partial charge is 0.383 e. The number of fused-ring (bicyclic) bond motifs is 4. The van der Waals surface area contributed by atoms with Crippen LogP contribution in [-0.2, 0) is 16.1 Å². The predicted octanol–water partition coefficient (Wildman–Crippen LogP) is 4.71. The average Bonchev–Trinajstić information content (AvgIpc) is 3.35. The van der Waals surface area contributed by atoms with Gasteiger partial charge >= 0.3 is 0 Å². The molecule has 2 aliphatic rings. The molecule has 1 aromatic carbocycles. The molecule has 0 bridgehead atoms. The van der Waals surface area contributed by atoms with Crippen molar-refractivity contribution in [1.82, 2.24) is 29.4 Å². The van der Waals surface area contributed by atoms with Gasteiger partial charge < -0.3 is 20.5 Å². The van der Waals surface area contributed by atoms with E-state index < -0.39 is 6.04 Å². The lowest BCUT2D eigenvalue weighted by Gasteiger charge is -2.27. The third kappa shape index (κ3) is 4.22. The van der Waals surface area contributed by atoms with Crippen LogP contribution in [-0.4, -0.2) is 53.3 Å². The quantitative estimate of drug-likeness (QED) is 0.275. The van der Waals surface area contributed by atoms with Gasteiger partial charge in [0.15, 0.2) is 0 Å². The Balaban J connectivity index is 1.27. The molecule has 1 aliphatic carbocycles. The van der Waals surface area contributed by atoms with Gasteiger partial charge in [-0.2, -0.15) is 0 Å². The van der Waals surface area contributed by atoms with Gasteiger partial charge in [-0.3, -0.25) is 14.6 Å². The molecule has 0 spiro atoms. The van der Waals surface area contributed by atoms with Crippen molar-refractivity contribution in [1.29, 1.82) is 0 Å². The van der Waals surface area contributed by atoms with Crippen LogP contribution in [0.4, 0.5) is 11.6 Å². The summed E-state index contributed by atoms with van der Waals surface area (Å²) < 4.78 is 2.54. The number of pyridine rings is 2. The standard InChI is InChI=1S/C30H27BrN8O2/c1-16-10-18(17-6-8-33-9-7-17)11-19-25-27(32)34-15-35-28(25)38(26(16)19)14-24(40)39-20(12-30(2)13-21(30)39)29(41)37-23-5-3-4-22(31)36-23/h3-11,15,20-21H,12-14H2,1-2H3,(H2,32,34,35)(H,36,37,41)/t20-,21+,30-/m0/s1. The maximum absolute atomic E-state index is 14.1. The molecular formula is C30H27BrN8O2. The molecule has 3 atom stereocenters. The maximum Gasteiger partial charge on any atom is 0.248 e. The predicted molar refractivity (Wildman–Crippen MR) is 160 cm³/mol. The fourth-order valence-corrected chi connectivity index (χ4v) is 6.76. The maximum atomic E-state index is 14.1. The number of aryl methyl sites for hydroxylation is 1. The average molecular weight is 612 g/mol. The zero-order valence-corrected chi connectivity index (χ0v) is 24.1. The summed E-state index contributed by atoms with van der Waals surface area (Å²) in [4.78, 5) is 46.6. The van der Waals surface area contributed by atoms with Crippen LogP contribution in [0.1, 0.15) is 25.3 Å². The Labute approximate surface area is 244 Å². The number of nitrogen functional groups attached to an aromatic ring is 1. The van der Waals surface area contributed by atoms with Crippen LogP contribution >= 0.6 is 15.9 Å². The highest BCUT2D eigenvalue weighted by Crippen LogP contribution is 2.59. The minimum absolute atomic E-state index is 0.0217. The van der Waals surface area contributed by atoms with Crippen molar-refractivity contribution in [3.05, 3.63) is 71.4 Å². The summed E-state index contributed by atoms with van der Waals surface area (Å²) in [5.41, 5.74) is 10.8. The number of piperidine rings is 1. The van der Waals surface area contributed by atoms with E-state index in [2.05, 4.69) is 60.2 Å². The van der Waals surface area contributed by atoms with Gasteiger partial charge in [-0.05, 0) is 94.2 Å². The van der Waals surface area contributed by atoms with E-state index in [-0.39, 0.29) is 29.8 Å². The molecule has 4 aromatic heterocycles. The number of likely N-dealkylation sites (tertiary alicyclic amines) is 1. The summed E-state index contributed by atoms with van der Waals surface area (Å²) in [5, 5.41) is 4.49. The molecule has 0 unspecified atom stereocenters. The topological polar surface area (TPSA) is 132 Å². The Bertz CT molecular complexity index is 1870. The first kappa shape index (κ1) is 25.6. The molecule has 2 amide bonds. The van der Waals surface area contributed by atoms with Crippen LogP contribution in [0.15, 0.2) is 65.8 Å². The molecule has 1 aliphatic heterocycles. The lowest BCUT2D eigenvalue weighted by Crippen LogP contribution is -2.46. The molecule has 1 saturated carbocycles. The number of amides is 2. The van der Waals surface area contributed by atoms with E-state index >= 15 is 0 Å². The van der Waals surface area contributed by atoms with Gasteiger partial charge in [-0.15, -0.1) is 0 Å². The van der Waals surface area contributed by atoms with E-state index in [1.54, 1.807) is 35.5 Å². The third-order valence-corrected chi connectivity index (χ3v) is 8.89. The second-order valence-electron chi connectivity index (χ2n) is 11.2. The molecule has 1 saturated heterocycles. The Kier molecular flexibility index (Phi) is 5.82. The van der Waals surface area contributed by atoms with Crippen LogP contribution in [0.2, 0.25) is 0 Å². The van der Waals surface area contributed by atoms with Crippen molar-refractivity contribution >= 4 is 61.3 Å². The van der Waals surface area contributed by atoms with Crippen molar-refractivity contribution in [2.45, 2.75) is 45.3 Å². The highest BCUT2D eigenvalue weighted by Gasteiger charge is 2.64. The van der Waals surface area contributed by atoms with Crippen molar-refractivity contribution in [3.8, 4) is 11.1 Å². The molecular weight excluding hydrogens is 584 g/mol. The first-order chi connectivity index (χ1) is 19.7. The van der Waals surface area contributed by atoms with Gasteiger partial charge in [0.25, 0.3) is 0 Å². The molecule has 7 rings (SSSR count). The van der Waals surface area contributed by atoms with E-state index in [9.17, 15) is 9.59 Å². The van der Waals surface area contributed by atoms with E-state index in [4.69, 9.17) is 5.73 Å². The molecule has 5 aromatic rings. The number of carbonyl (C=O) groups excluding carboxylic acids is 2. The van der Waals surface area contributed by atoms with Gasteiger partial charge in [-0.25, -0.2) is 15.0 Å². The molecule has 2 fully saturated rings. The monoisotopic (exact) mass is 610 g/mol.